The molecule has 0 aromatic heterocycles. The highest BCUT2D eigenvalue weighted by molar-refractivity contribution is 5.33. The maximum atomic E-state index is 5.84. The Kier molecular flexibility index (Phi) is 5.49. The highest BCUT2D eigenvalue weighted by Gasteiger charge is 2.14. The van der Waals surface area contributed by atoms with Crippen molar-refractivity contribution in [3.63, 3.8) is 0 Å². The minimum atomic E-state index is 0.466. The zero-order chi connectivity index (χ0) is 12.6. The summed E-state index contributed by atoms with van der Waals surface area (Å²) in [4.78, 5) is 0. The lowest BCUT2D eigenvalue weighted by Crippen LogP contribution is -2.09. The standard InChI is InChI=1S/C15H23NO2/c16-10-9-13-5-1-2-8-15(13)18-12-4-7-14-6-3-11-17-14/h1-2,5,8,14H,3-4,6-7,9-12,16H2. The van der Waals surface area contributed by atoms with Gasteiger partial charge in [0.2, 0.25) is 0 Å². The van der Waals surface area contributed by atoms with E-state index in [1.165, 1.54) is 18.4 Å². The van der Waals surface area contributed by atoms with Gasteiger partial charge in [0, 0.05) is 6.61 Å². The van der Waals surface area contributed by atoms with Gasteiger partial charge < -0.3 is 15.2 Å². The Morgan fingerprint density at radius 1 is 1.33 bits per heavy atom. The number of rotatable bonds is 7. The van der Waals surface area contributed by atoms with Gasteiger partial charge in [-0.15, -0.1) is 0 Å². The molecule has 0 radical (unpaired) electrons. The van der Waals surface area contributed by atoms with Crippen LogP contribution >= 0.6 is 0 Å². The molecule has 1 fully saturated rings. The highest BCUT2D eigenvalue weighted by atomic mass is 16.5. The molecule has 1 saturated heterocycles. The molecule has 1 aliphatic rings. The Morgan fingerprint density at radius 3 is 3.00 bits per heavy atom. The van der Waals surface area contributed by atoms with E-state index in [9.17, 15) is 0 Å². The second kappa shape index (κ2) is 7.39. The van der Waals surface area contributed by atoms with Crippen LogP contribution < -0.4 is 10.5 Å². The van der Waals surface area contributed by atoms with E-state index in [0.29, 0.717) is 12.6 Å². The molecule has 1 aromatic rings. The third kappa shape index (κ3) is 4.00. The van der Waals surface area contributed by atoms with Gasteiger partial charge in [0.15, 0.2) is 0 Å². The van der Waals surface area contributed by atoms with Crippen molar-refractivity contribution in [3.8, 4) is 5.75 Å². The van der Waals surface area contributed by atoms with Gasteiger partial charge in [0.05, 0.1) is 12.7 Å². The summed E-state index contributed by atoms with van der Waals surface area (Å²) in [5.74, 6) is 0.982. The van der Waals surface area contributed by atoms with Gasteiger partial charge >= 0.3 is 0 Å². The van der Waals surface area contributed by atoms with Crippen LogP contribution in [0.1, 0.15) is 31.2 Å². The molecule has 0 amide bonds. The average molecular weight is 249 g/mol. The number of hydrogen-bond acceptors (Lipinski definition) is 3. The molecule has 2 N–H and O–H groups in total. The monoisotopic (exact) mass is 249 g/mol. The van der Waals surface area contributed by atoms with E-state index in [4.69, 9.17) is 15.2 Å². The van der Waals surface area contributed by atoms with Crippen LogP contribution in [-0.4, -0.2) is 25.9 Å². The molecule has 1 aromatic carbocycles. The van der Waals surface area contributed by atoms with Crippen molar-refractivity contribution in [3.05, 3.63) is 29.8 Å². The highest BCUT2D eigenvalue weighted by Crippen LogP contribution is 2.20. The van der Waals surface area contributed by atoms with Crippen molar-refractivity contribution >= 4 is 0 Å². The van der Waals surface area contributed by atoms with Crippen LogP contribution in [0.25, 0.3) is 0 Å². The summed E-state index contributed by atoms with van der Waals surface area (Å²) in [6.07, 6.45) is 5.94. The summed E-state index contributed by atoms with van der Waals surface area (Å²) in [6, 6.07) is 8.15. The SMILES string of the molecule is NCCc1ccccc1OCCCC1CCCO1. The van der Waals surface area contributed by atoms with E-state index in [1.807, 2.05) is 18.2 Å². The minimum absolute atomic E-state index is 0.466. The number of nitrogens with two attached hydrogens (primary N) is 1. The van der Waals surface area contributed by atoms with Gasteiger partial charge in [-0.2, -0.15) is 0 Å². The van der Waals surface area contributed by atoms with E-state index >= 15 is 0 Å². The van der Waals surface area contributed by atoms with Crippen LogP contribution in [0.5, 0.6) is 5.75 Å². The molecule has 0 bridgehead atoms. The van der Waals surface area contributed by atoms with Crippen molar-refractivity contribution in [2.24, 2.45) is 5.73 Å². The van der Waals surface area contributed by atoms with Crippen molar-refractivity contribution in [2.75, 3.05) is 19.8 Å². The molecule has 100 valence electrons. The molecule has 1 aliphatic heterocycles. The minimum Gasteiger partial charge on any atom is -0.493 e. The normalized spacial score (nSPS) is 19.1. The fraction of sp³-hybridized carbons (Fsp3) is 0.600. The van der Waals surface area contributed by atoms with Gasteiger partial charge in [-0.05, 0) is 50.3 Å². The van der Waals surface area contributed by atoms with E-state index in [1.54, 1.807) is 0 Å². The first kappa shape index (κ1) is 13.4. The first-order chi connectivity index (χ1) is 8.90. The molecular formula is C15H23NO2. The second-order valence-corrected chi connectivity index (χ2v) is 4.77. The third-order valence-corrected chi connectivity index (χ3v) is 3.34. The number of ether oxygens (including phenoxy) is 2. The fourth-order valence-electron chi connectivity index (χ4n) is 2.37. The molecule has 1 atom stereocenters. The average Bonchev–Trinajstić information content (AvgIpc) is 2.90. The van der Waals surface area contributed by atoms with Crippen molar-refractivity contribution in [1.82, 2.24) is 0 Å². The van der Waals surface area contributed by atoms with Crippen LogP contribution in [0, 0.1) is 0 Å². The lowest BCUT2D eigenvalue weighted by Gasteiger charge is -2.12. The second-order valence-electron chi connectivity index (χ2n) is 4.77. The summed E-state index contributed by atoms with van der Waals surface area (Å²) in [5.41, 5.74) is 6.80. The predicted molar refractivity (Wildman–Crippen MR) is 72.9 cm³/mol. The number of para-hydroxylation sites is 1. The predicted octanol–water partition coefficient (Wildman–Crippen LogP) is 2.53. The Morgan fingerprint density at radius 2 is 2.22 bits per heavy atom. The molecule has 2 rings (SSSR count). The van der Waals surface area contributed by atoms with Gasteiger partial charge in [-0.25, -0.2) is 0 Å². The van der Waals surface area contributed by atoms with E-state index in [-0.39, 0.29) is 0 Å². The van der Waals surface area contributed by atoms with Crippen LogP contribution in [0.3, 0.4) is 0 Å². The Labute approximate surface area is 109 Å². The zero-order valence-electron chi connectivity index (χ0n) is 10.9. The van der Waals surface area contributed by atoms with Crippen molar-refractivity contribution < 1.29 is 9.47 Å². The summed E-state index contributed by atoms with van der Waals surface area (Å²) in [7, 11) is 0. The molecule has 0 saturated carbocycles. The van der Waals surface area contributed by atoms with E-state index in [2.05, 4.69) is 6.07 Å². The molecule has 0 spiro atoms. The Hall–Kier alpha value is -1.06. The van der Waals surface area contributed by atoms with Gasteiger partial charge in [-0.1, -0.05) is 18.2 Å². The third-order valence-electron chi connectivity index (χ3n) is 3.34. The van der Waals surface area contributed by atoms with Crippen LogP contribution in [0.4, 0.5) is 0 Å². The summed E-state index contributed by atoms with van der Waals surface area (Å²) >= 11 is 0. The van der Waals surface area contributed by atoms with Crippen molar-refractivity contribution in [1.29, 1.82) is 0 Å². The molecule has 3 heteroatoms. The molecular weight excluding hydrogens is 226 g/mol. The zero-order valence-corrected chi connectivity index (χ0v) is 10.9. The molecule has 1 heterocycles. The topological polar surface area (TPSA) is 44.5 Å². The van der Waals surface area contributed by atoms with Crippen LogP contribution in [-0.2, 0) is 11.2 Å². The largest absolute Gasteiger partial charge is 0.493 e. The van der Waals surface area contributed by atoms with Crippen molar-refractivity contribution in [2.45, 2.75) is 38.2 Å². The number of hydrogen-bond donors (Lipinski definition) is 1. The quantitative estimate of drug-likeness (QED) is 0.755. The summed E-state index contributed by atoms with van der Waals surface area (Å²) in [5, 5.41) is 0. The Balaban J connectivity index is 1.72. The van der Waals surface area contributed by atoms with Gasteiger partial charge in [0.1, 0.15) is 5.75 Å². The van der Waals surface area contributed by atoms with Gasteiger partial charge in [0.25, 0.3) is 0 Å². The number of benzene rings is 1. The fourth-order valence-corrected chi connectivity index (χ4v) is 2.37. The lowest BCUT2D eigenvalue weighted by molar-refractivity contribution is 0.0981. The summed E-state index contributed by atoms with van der Waals surface area (Å²) < 4.78 is 11.4. The molecule has 18 heavy (non-hydrogen) atoms. The maximum Gasteiger partial charge on any atom is 0.122 e. The first-order valence-corrected chi connectivity index (χ1v) is 6.92. The Bertz CT molecular complexity index is 348. The molecule has 0 aliphatic carbocycles. The van der Waals surface area contributed by atoms with E-state index < -0.39 is 0 Å². The lowest BCUT2D eigenvalue weighted by atomic mass is 10.1. The maximum absolute atomic E-state index is 5.84. The smallest absolute Gasteiger partial charge is 0.122 e. The van der Waals surface area contributed by atoms with Crippen LogP contribution in [0.2, 0.25) is 0 Å². The first-order valence-electron chi connectivity index (χ1n) is 6.92. The van der Waals surface area contributed by atoms with Crippen LogP contribution in [0.15, 0.2) is 24.3 Å². The molecule has 3 nitrogen and oxygen atoms in total. The molecule has 1 unspecified atom stereocenters. The van der Waals surface area contributed by atoms with E-state index in [0.717, 1.165) is 38.2 Å². The summed E-state index contributed by atoms with van der Waals surface area (Å²) in [6.45, 7) is 2.36. The van der Waals surface area contributed by atoms with Gasteiger partial charge in [-0.3, -0.25) is 0 Å².